The minimum Gasteiger partial charge on any atom is -0.475 e. The van der Waals surface area contributed by atoms with Gasteiger partial charge in [0, 0.05) is 11.0 Å². The highest BCUT2D eigenvalue weighted by molar-refractivity contribution is 9.10. The molecule has 1 aliphatic rings. The summed E-state index contributed by atoms with van der Waals surface area (Å²) in [5, 5.41) is 28.9. The number of carboxylic acid groups (broad SMARTS) is 1. The van der Waals surface area contributed by atoms with Crippen molar-refractivity contribution in [1.29, 1.82) is 0 Å². The van der Waals surface area contributed by atoms with Crippen molar-refractivity contribution in [2.45, 2.75) is 44.4 Å². The van der Waals surface area contributed by atoms with Crippen LogP contribution < -0.4 is 5.32 Å². The van der Waals surface area contributed by atoms with Crippen LogP contribution in [-0.2, 0) is 22.7 Å². The minimum atomic E-state index is -5.08. The lowest BCUT2D eigenvalue weighted by Crippen LogP contribution is -2.35. The topological polar surface area (TPSA) is 110 Å². The van der Waals surface area contributed by atoms with E-state index in [9.17, 15) is 18.3 Å². The number of rotatable bonds is 6. The molecule has 0 radical (unpaired) electrons. The zero-order valence-electron chi connectivity index (χ0n) is 15.8. The van der Waals surface area contributed by atoms with Crippen molar-refractivity contribution < 1.29 is 32.9 Å². The van der Waals surface area contributed by atoms with E-state index in [1.54, 1.807) is 4.68 Å². The first-order valence-electron chi connectivity index (χ1n) is 9.10. The number of aromatic nitrogens is 3. The lowest BCUT2D eigenvalue weighted by molar-refractivity contribution is -0.192. The van der Waals surface area contributed by atoms with Crippen LogP contribution in [0.3, 0.4) is 0 Å². The molecule has 3 rings (SSSR count). The Bertz CT molecular complexity index is 795. The lowest BCUT2D eigenvalue weighted by atomic mass is 10.1. The average molecular weight is 495 g/mol. The van der Waals surface area contributed by atoms with Gasteiger partial charge in [-0.15, -0.1) is 5.10 Å². The van der Waals surface area contributed by atoms with Crippen molar-refractivity contribution in [1.82, 2.24) is 20.3 Å². The molecule has 30 heavy (non-hydrogen) atoms. The fourth-order valence-electron chi connectivity index (χ4n) is 2.63. The normalized spacial score (nSPS) is 17.7. The number of ether oxygens (including phenoxy) is 1. The second-order valence-electron chi connectivity index (χ2n) is 6.58. The van der Waals surface area contributed by atoms with Gasteiger partial charge in [0.2, 0.25) is 0 Å². The Morgan fingerprint density at radius 1 is 1.37 bits per heavy atom. The third kappa shape index (κ3) is 8.38. The maximum absolute atomic E-state index is 10.6. The van der Waals surface area contributed by atoms with Crippen molar-refractivity contribution >= 4 is 21.9 Å². The molecule has 1 aromatic heterocycles. The van der Waals surface area contributed by atoms with Crippen LogP contribution in [0.4, 0.5) is 13.2 Å². The van der Waals surface area contributed by atoms with Crippen LogP contribution in [0.15, 0.2) is 34.9 Å². The number of aliphatic hydroxyl groups is 1. The summed E-state index contributed by atoms with van der Waals surface area (Å²) < 4.78 is 40.2. The Morgan fingerprint density at radius 2 is 2.03 bits per heavy atom. The van der Waals surface area contributed by atoms with Gasteiger partial charge in [0.25, 0.3) is 0 Å². The van der Waals surface area contributed by atoms with E-state index in [1.165, 1.54) is 0 Å². The summed E-state index contributed by atoms with van der Waals surface area (Å²) in [5.74, 6) is -2.76. The third-order valence-corrected chi connectivity index (χ3v) is 4.69. The molecule has 2 atom stereocenters. The number of aliphatic carboxylic acids is 1. The number of nitrogens with zero attached hydrogens (tertiary/aromatic N) is 3. The molecule has 1 fully saturated rings. The van der Waals surface area contributed by atoms with E-state index in [0.29, 0.717) is 13.2 Å². The van der Waals surface area contributed by atoms with Crippen LogP contribution in [0.5, 0.6) is 0 Å². The second kappa shape index (κ2) is 11.4. The number of hydrogen-bond acceptors (Lipinski definition) is 6. The zero-order chi connectivity index (χ0) is 22.1. The molecule has 1 saturated heterocycles. The molecule has 0 bridgehead atoms. The van der Waals surface area contributed by atoms with Gasteiger partial charge in [0.1, 0.15) is 5.69 Å². The number of aliphatic hydroxyl groups excluding tert-OH is 1. The van der Waals surface area contributed by atoms with Gasteiger partial charge in [-0.3, -0.25) is 0 Å². The van der Waals surface area contributed by atoms with Gasteiger partial charge >= 0.3 is 12.1 Å². The molecule has 166 valence electrons. The molecule has 2 heterocycles. The third-order valence-electron chi connectivity index (χ3n) is 4.16. The van der Waals surface area contributed by atoms with Crippen molar-refractivity contribution in [2.24, 2.45) is 0 Å². The molecule has 2 aromatic rings. The molecule has 0 aliphatic carbocycles. The summed E-state index contributed by atoms with van der Waals surface area (Å²) in [7, 11) is 0. The van der Waals surface area contributed by atoms with E-state index in [2.05, 4.69) is 31.6 Å². The first kappa shape index (κ1) is 24.3. The van der Waals surface area contributed by atoms with Crippen LogP contribution in [-0.4, -0.2) is 56.5 Å². The molecule has 1 unspecified atom stereocenters. The Labute approximate surface area is 179 Å². The molecule has 0 spiro atoms. The summed E-state index contributed by atoms with van der Waals surface area (Å²) >= 11 is 3.39. The summed E-state index contributed by atoms with van der Waals surface area (Å²) in [6.07, 6.45) is -1.37. The largest absolute Gasteiger partial charge is 0.490 e. The van der Waals surface area contributed by atoms with Crippen molar-refractivity contribution in [3.63, 3.8) is 0 Å². The molecular formula is C18H22BrF3N4O4. The quantitative estimate of drug-likeness (QED) is 0.566. The monoisotopic (exact) mass is 494 g/mol. The van der Waals surface area contributed by atoms with E-state index in [0.717, 1.165) is 41.7 Å². The van der Waals surface area contributed by atoms with Crippen LogP contribution >= 0.6 is 15.9 Å². The number of carbonyl (C=O) groups is 1. The molecule has 0 amide bonds. The maximum Gasteiger partial charge on any atom is 0.490 e. The number of alkyl halides is 3. The van der Waals surface area contributed by atoms with Gasteiger partial charge < -0.3 is 20.3 Å². The number of carboxylic acids is 1. The molecular weight excluding hydrogens is 473 g/mol. The Morgan fingerprint density at radius 3 is 2.60 bits per heavy atom. The predicted molar refractivity (Wildman–Crippen MR) is 103 cm³/mol. The van der Waals surface area contributed by atoms with Crippen molar-refractivity contribution in [2.75, 3.05) is 13.1 Å². The summed E-state index contributed by atoms with van der Waals surface area (Å²) in [6.45, 7) is 2.81. The van der Waals surface area contributed by atoms with Crippen LogP contribution in [0.25, 0.3) is 0 Å². The summed E-state index contributed by atoms with van der Waals surface area (Å²) in [5.41, 5.74) is 1.65. The molecule has 12 heteroatoms. The highest BCUT2D eigenvalue weighted by Crippen LogP contribution is 2.18. The fraction of sp³-hybridized carbons (Fsp3) is 0.500. The van der Waals surface area contributed by atoms with E-state index >= 15 is 0 Å². The maximum atomic E-state index is 10.6. The first-order valence-corrected chi connectivity index (χ1v) is 9.89. The van der Waals surface area contributed by atoms with E-state index in [-0.39, 0.29) is 6.10 Å². The molecule has 1 aromatic carbocycles. The number of halogens is 4. The number of nitrogens with one attached hydrogen (secondary N) is 1. The fourth-order valence-corrected chi connectivity index (χ4v) is 2.89. The SMILES string of the molecule is O=C(O)C(F)(F)F.O[C@@H](Cn1cc(COC2CCCNC2)nn1)c1ccc(Br)cc1. The minimum absolute atomic E-state index is 0.252. The Kier molecular flexibility index (Phi) is 9.21. The Balaban J connectivity index is 0.000000396. The van der Waals surface area contributed by atoms with Crippen LogP contribution in [0, 0.1) is 0 Å². The van der Waals surface area contributed by atoms with Crippen molar-refractivity contribution in [3.8, 4) is 0 Å². The number of benzene rings is 1. The smallest absolute Gasteiger partial charge is 0.475 e. The Hall–Kier alpha value is -2.02. The lowest BCUT2D eigenvalue weighted by Gasteiger charge is -2.22. The molecule has 1 aliphatic heterocycles. The predicted octanol–water partition coefficient (Wildman–Crippen LogP) is 2.68. The van der Waals surface area contributed by atoms with E-state index in [4.69, 9.17) is 14.6 Å². The standard InChI is InChI=1S/C16H21BrN4O2.C2HF3O2/c17-13-5-3-12(4-6-13)16(22)10-21-9-14(19-20-21)11-23-15-2-1-7-18-8-15;3-2(4,5)1(6)7/h3-6,9,15-16,18,22H,1-2,7-8,10-11H2;(H,6,7)/t15?,16-;/m0./s1. The van der Waals surface area contributed by atoms with Gasteiger partial charge in [0.05, 0.1) is 31.6 Å². The van der Waals surface area contributed by atoms with E-state index in [1.807, 2.05) is 30.5 Å². The first-order chi connectivity index (χ1) is 14.1. The van der Waals surface area contributed by atoms with E-state index < -0.39 is 18.2 Å². The highest BCUT2D eigenvalue weighted by atomic mass is 79.9. The van der Waals surface area contributed by atoms with Crippen molar-refractivity contribution in [3.05, 3.63) is 46.2 Å². The summed E-state index contributed by atoms with van der Waals surface area (Å²) in [6, 6.07) is 7.62. The van der Waals surface area contributed by atoms with Crippen LogP contribution in [0.1, 0.15) is 30.2 Å². The zero-order valence-corrected chi connectivity index (χ0v) is 17.4. The number of hydrogen-bond donors (Lipinski definition) is 3. The number of piperidine rings is 1. The van der Waals surface area contributed by atoms with Gasteiger partial charge in [-0.2, -0.15) is 13.2 Å². The molecule has 8 nitrogen and oxygen atoms in total. The average Bonchev–Trinajstić information content (AvgIpc) is 3.15. The second-order valence-corrected chi connectivity index (χ2v) is 7.50. The van der Waals surface area contributed by atoms with Gasteiger partial charge in [-0.1, -0.05) is 33.3 Å². The van der Waals surface area contributed by atoms with Gasteiger partial charge in [-0.25, -0.2) is 9.48 Å². The van der Waals surface area contributed by atoms with Crippen LogP contribution in [0.2, 0.25) is 0 Å². The van der Waals surface area contributed by atoms with Gasteiger partial charge in [-0.05, 0) is 37.1 Å². The van der Waals surface area contributed by atoms with Gasteiger partial charge in [0.15, 0.2) is 0 Å². The molecule has 0 saturated carbocycles. The molecule has 3 N–H and O–H groups in total. The summed E-state index contributed by atoms with van der Waals surface area (Å²) in [4.78, 5) is 8.90. The highest BCUT2D eigenvalue weighted by Gasteiger charge is 2.38.